The second-order valence-electron chi connectivity index (χ2n) is 4.78. The topological polar surface area (TPSA) is 20.3 Å². The molecule has 0 saturated carbocycles. The van der Waals surface area contributed by atoms with Gasteiger partial charge in [0.1, 0.15) is 6.29 Å². The average molecular weight is 203 g/mol. The molecule has 2 rings (SSSR count). The van der Waals surface area contributed by atoms with E-state index in [0.29, 0.717) is 0 Å². The van der Waals surface area contributed by atoms with Gasteiger partial charge in [-0.25, -0.2) is 0 Å². The predicted octanol–water partition coefficient (Wildman–Crippen LogP) is 2.88. The lowest BCUT2D eigenvalue weighted by molar-refractivity contribution is 0.112. The fourth-order valence-corrected chi connectivity index (χ4v) is 2.32. The maximum Gasteiger partial charge on any atom is 0.150 e. The molecule has 1 aromatic rings. The van der Waals surface area contributed by atoms with Gasteiger partial charge in [-0.1, -0.05) is 0 Å². The van der Waals surface area contributed by atoms with Crippen molar-refractivity contribution in [1.29, 1.82) is 0 Å². The van der Waals surface area contributed by atoms with Crippen molar-refractivity contribution in [3.63, 3.8) is 0 Å². The van der Waals surface area contributed by atoms with Crippen molar-refractivity contribution < 1.29 is 4.79 Å². The molecule has 0 radical (unpaired) electrons. The largest absolute Gasteiger partial charge is 0.366 e. The molecular formula is C13H17NO. The summed E-state index contributed by atoms with van der Waals surface area (Å²) in [6.45, 7) is 5.66. The molecule has 1 fully saturated rings. The van der Waals surface area contributed by atoms with E-state index in [1.807, 2.05) is 24.3 Å². The molecule has 0 bridgehead atoms. The molecule has 0 amide bonds. The SMILES string of the molecule is CC1(C)CCCN1c1ccc(C=O)cc1. The van der Waals surface area contributed by atoms with E-state index in [9.17, 15) is 4.79 Å². The van der Waals surface area contributed by atoms with E-state index in [0.717, 1.165) is 18.4 Å². The summed E-state index contributed by atoms with van der Waals surface area (Å²) in [7, 11) is 0. The molecule has 1 aliphatic rings. The third kappa shape index (κ3) is 1.89. The van der Waals surface area contributed by atoms with Crippen LogP contribution in [0.5, 0.6) is 0 Å². The van der Waals surface area contributed by atoms with Crippen molar-refractivity contribution in [3.05, 3.63) is 29.8 Å². The zero-order valence-corrected chi connectivity index (χ0v) is 9.36. The fraction of sp³-hybridized carbons (Fsp3) is 0.462. The van der Waals surface area contributed by atoms with Crippen LogP contribution >= 0.6 is 0 Å². The summed E-state index contributed by atoms with van der Waals surface area (Å²) in [4.78, 5) is 13.0. The predicted molar refractivity (Wildman–Crippen MR) is 62.5 cm³/mol. The maximum absolute atomic E-state index is 10.6. The minimum absolute atomic E-state index is 0.253. The van der Waals surface area contributed by atoms with Crippen molar-refractivity contribution in [2.24, 2.45) is 0 Å². The first kappa shape index (κ1) is 10.2. The highest BCUT2D eigenvalue weighted by Crippen LogP contribution is 2.33. The van der Waals surface area contributed by atoms with Crippen LogP contribution in [0, 0.1) is 0 Å². The molecule has 0 N–H and O–H groups in total. The Hall–Kier alpha value is -1.31. The highest BCUT2D eigenvalue weighted by atomic mass is 16.1. The number of rotatable bonds is 2. The van der Waals surface area contributed by atoms with E-state index in [1.54, 1.807) is 0 Å². The normalized spacial score (nSPS) is 19.2. The van der Waals surface area contributed by atoms with Gasteiger partial charge in [-0.15, -0.1) is 0 Å². The highest BCUT2D eigenvalue weighted by Gasteiger charge is 2.31. The van der Waals surface area contributed by atoms with E-state index in [2.05, 4.69) is 18.7 Å². The Morgan fingerprint density at radius 2 is 1.93 bits per heavy atom. The molecule has 2 nitrogen and oxygen atoms in total. The number of carbonyl (C=O) groups is 1. The van der Waals surface area contributed by atoms with Crippen molar-refractivity contribution in [3.8, 4) is 0 Å². The zero-order chi connectivity index (χ0) is 10.9. The summed E-state index contributed by atoms with van der Waals surface area (Å²) in [5.41, 5.74) is 2.22. The molecule has 0 unspecified atom stereocenters. The second kappa shape index (κ2) is 3.69. The van der Waals surface area contributed by atoms with Gasteiger partial charge in [0.25, 0.3) is 0 Å². The number of carbonyl (C=O) groups excluding carboxylic acids is 1. The minimum Gasteiger partial charge on any atom is -0.366 e. The lowest BCUT2D eigenvalue weighted by atomic mass is 10.0. The average Bonchev–Trinajstić information content (AvgIpc) is 2.58. The summed E-state index contributed by atoms with van der Waals surface area (Å²) >= 11 is 0. The molecular weight excluding hydrogens is 186 g/mol. The molecule has 80 valence electrons. The molecule has 15 heavy (non-hydrogen) atoms. The van der Waals surface area contributed by atoms with Crippen LogP contribution in [0.15, 0.2) is 24.3 Å². The van der Waals surface area contributed by atoms with E-state index >= 15 is 0 Å². The number of hydrogen-bond acceptors (Lipinski definition) is 2. The molecule has 0 aromatic heterocycles. The van der Waals surface area contributed by atoms with Gasteiger partial charge in [0.15, 0.2) is 0 Å². The summed E-state index contributed by atoms with van der Waals surface area (Å²) < 4.78 is 0. The van der Waals surface area contributed by atoms with Crippen LogP contribution in [0.4, 0.5) is 5.69 Å². The highest BCUT2D eigenvalue weighted by molar-refractivity contribution is 5.75. The first-order valence-corrected chi connectivity index (χ1v) is 5.46. The van der Waals surface area contributed by atoms with Crippen LogP contribution in [0.25, 0.3) is 0 Å². The Bertz CT molecular complexity index is 353. The van der Waals surface area contributed by atoms with Crippen LogP contribution < -0.4 is 4.90 Å². The Balaban J connectivity index is 2.26. The first-order valence-electron chi connectivity index (χ1n) is 5.46. The monoisotopic (exact) mass is 203 g/mol. The van der Waals surface area contributed by atoms with Gasteiger partial charge < -0.3 is 4.90 Å². The molecule has 1 aromatic carbocycles. The summed E-state index contributed by atoms with van der Waals surface area (Å²) in [6, 6.07) is 7.85. The molecule has 2 heteroatoms. The van der Waals surface area contributed by atoms with Crippen LogP contribution in [-0.2, 0) is 0 Å². The van der Waals surface area contributed by atoms with Gasteiger partial charge in [-0.2, -0.15) is 0 Å². The quantitative estimate of drug-likeness (QED) is 0.689. The van der Waals surface area contributed by atoms with Crippen LogP contribution in [0.1, 0.15) is 37.0 Å². The van der Waals surface area contributed by atoms with Crippen LogP contribution in [-0.4, -0.2) is 18.4 Å². The molecule has 1 saturated heterocycles. The van der Waals surface area contributed by atoms with Crippen LogP contribution in [0.3, 0.4) is 0 Å². The van der Waals surface area contributed by atoms with Crippen molar-refractivity contribution >= 4 is 12.0 Å². The fourth-order valence-electron chi connectivity index (χ4n) is 2.32. The van der Waals surface area contributed by atoms with E-state index in [-0.39, 0.29) is 5.54 Å². The van der Waals surface area contributed by atoms with Crippen molar-refractivity contribution in [2.75, 3.05) is 11.4 Å². The second-order valence-corrected chi connectivity index (χ2v) is 4.78. The lowest BCUT2D eigenvalue weighted by Crippen LogP contribution is -2.38. The molecule has 0 spiro atoms. The van der Waals surface area contributed by atoms with Crippen molar-refractivity contribution in [2.45, 2.75) is 32.2 Å². The van der Waals surface area contributed by atoms with Gasteiger partial charge >= 0.3 is 0 Å². The third-order valence-electron chi connectivity index (χ3n) is 3.24. The molecule has 1 heterocycles. The summed E-state index contributed by atoms with van der Waals surface area (Å²) in [5, 5.41) is 0. The van der Waals surface area contributed by atoms with E-state index in [1.165, 1.54) is 18.5 Å². The smallest absolute Gasteiger partial charge is 0.150 e. The third-order valence-corrected chi connectivity index (χ3v) is 3.24. The van der Waals surface area contributed by atoms with E-state index in [4.69, 9.17) is 0 Å². The number of nitrogens with zero attached hydrogens (tertiary/aromatic N) is 1. The molecule has 1 aliphatic heterocycles. The number of anilines is 1. The molecule has 0 atom stereocenters. The van der Waals surface area contributed by atoms with Gasteiger partial charge in [0, 0.05) is 23.3 Å². The standard InChI is InChI=1S/C13H17NO/c1-13(2)8-3-9-14(13)12-6-4-11(10-15)5-7-12/h4-7,10H,3,8-9H2,1-2H3. The Morgan fingerprint density at radius 1 is 1.27 bits per heavy atom. The minimum atomic E-state index is 0.253. The maximum atomic E-state index is 10.6. The summed E-state index contributed by atoms with van der Waals surface area (Å²) in [6.07, 6.45) is 3.38. The zero-order valence-electron chi connectivity index (χ0n) is 9.36. The van der Waals surface area contributed by atoms with E-state index < -0.39 is 0 Å². The number of aldehydes is 1. The number of benzene rings is 1. The first-order chi connectivity index (χ1) is 7.13. The van der Waals surface area contributed by atoms with Gasteiger partial charge in [0.05, 0.1) is 0 Å². The Kier molecular flexibility index (Phi) is 2.51. The van der Waals surface area contributed by atoms with Gasteiger partial charge in [0.2, 0.25) is 0 Å². The Morgan fingerprint density at radius 3 is 2.40 bits per heavy atom. The Labute approximate surface area is 90.9 Å². The van der Waals surface area contributed by atoms with Crippen LogP contribution in [0.2, 0.25) is 0 Å². The van der Waals surface area contributed by atoms with Gasteiger partial charge in [-0.3, -0.25) is 4.79 Å². The summed E-state index contributed by atoms with van der Waals surface area (Å²) in [5.74, 6) is 0. The number of hydrogen-bond donors (Lipinski definition) is 0. The molecule has 0 aliphatic carbocycles. The van der Waals surface area contributed by atoms with Crippen molar-refractivity contribution in [1.82, 2.24) is 0 Å². The lowest BCUT2D eigenvalue weighted by Gasteiger charge is -2.33. The van der Waals surface area contributed by atoms with Gasteiger partial charge in [-0.05, 0) is 51.0 Å².